The van der Waals surface area contributed by atoms with Crippen molar-refractivity contribution in [3.05, 3.63) is 35.3 Å². The van der Waals surface area contributed by atoms with E-state index in [-0.39, 0.29) is 22.0 Å². The van der Waals surface area contributed by atoms with E-state index < -0.39 is 15.8 Å². The number of hydrogen-bond acceptors (Lipinski definition) is 4. The summed E-state index contributed by atoms with van der Waals surface area (Å²) in [5.41, 5.74) is 6.56. The molecular weight excluding hydrogens is 271 g/mol. The molecule has 1 aromatic heterocycles. The Hall–Kier alpha value is -2.09. The summed E-state index contributed by atoms with van der Waals surface area (Å²) in [6, 6.07) is 3.65. The number of halogens is 1. The van der Waals surface area contributed by atoms with E-state index in [1.54, 1.807) is 6.92 Å². The van der Waals surface area contributed by atoms with Gasteiger partial charge in [0.05, 0.1) is 4.90 Å². The van der Waals surface area contributed by atoms with Crippen LogP contribution >= 0.6 is 0 Å². The minimum atomic E-state index is -3.91. The molecule has 0 bridgehead atoms. The highest BCUT2D eigenvalue weighted by Gasteiger charge is 2.18. The number of hydrogen-bond donors (Lipinski definition) is 3. The summed E-state index contributed by atoms with van der Waals surface area (Å²) in [5.74, 6) is -0.532. The largest absolute Gasteiger partial charge is 0.398 e. The Labute approximate surface area is 109 Å². The number of nitrogens with two attached hydrogens (primary N) is 1. The van der Waals surface area contributed by atoms with E-state index in [4.69, 9.17) is 5.73 Å². The first-order valence-corrected chi connectivity index (χ1v) is 6.88. The molecule has 2 rings (SSSR count). The molecule has 2 aromatic rings. The van der Waals surface area contributed by atoms with Gasteiger partial charge in [-0.1, -0.05) is 0 Å². The lowest BCUT2D eigenvalue weighted by Crippen LogP contribution is -2.14. The van der Waals surface area contributed by atoms with Gasteiger partial charge in [-0.05, 0) is 26.0 Å². The van der Waals surface area contributed by atoms with Gasteiger partial charge in [0.1, 0.15) is 5.82 Å². The molecule has 0 spiro atoms. The molecule has 0 unspecified atom stereocenters. The standard InChI is InChI=1S/C11H13FN4O2S/c1-6-3-11(15-14-6)16-19(17,18)8-4-9(12)7(2)10(13)5-8/h3-5H,13H2,1-2H3,(H2,14,15,16). The van der Waals surface area contributed by atoms with Crippen LogP contribution in [-0.2, 0) is 10.0 Å². The Balaban J connectivity index is 2.40. The van der Waals surface area contributed by atoms with Crippen LogP contribution in [0.3, 0.4) is 0 Å². The molecule has 0 aliphatic carbocycles. The lowest BCUT2D eigenvalue weighted by Gasteiger charge is -2.08. The normalized spacial score (nSPS) is 11.5. The van der Waals surface area contributed by atoms with E-state index in [1.807, 2.05) is 0 Å². The first-order chi connectivity index (χ1) is 8.79. The second kappa shape index (κ2) is 4.54. The van der Waals surface area contributed by atoms with Crippen LogP contribution < -0.4 is 10.5 Å². The van der Waals surface area contributed by atoms with Crippen LogP contribution in [-0.4, -0.2) is 18.6 Å². The molecule has 0 saturated heterocycles. The van der Waals surface area contributed by atoms with Gasteiger partial charge >= 0.3 is 0 Å². The number of aromatic amines is 1. The highest BCUT2D eigenvalue weighted by molar-refractivity contribution is 7.92. The Kier molecular flexibility index (Phi) is 3.19. The zero-order valence-electron chi connectivity index (χ0n) is 10.4. The van der Waals surface area contributed by atoms with Crippen molar-refractivity contribution in [1.29, 1.82) is 0 Å². The van der Waals surface area contributed by atoms with Crippen molar-refractivity contribution < 1.29 is 12.8 Å². The fraction of sp³-hybridized carbons (Fsp3) is 0.182. The number of sulfonamides is 1. The highest BCUT2D eigenvalue weighted by Crippen LogP contribution is 2.22. The van der Waals surface area contributed by atoms with E-state index in [0.29, 0.717) is 5.69 Å². The molecule has 1 heterocycles. The number of aryl methyl sites for hydroxylation is 1. The van der Waals surface area contributed by atoms with Gasteiger partial charge in [-0.2, -0.15) is 5.10 Å². The van der Waals surface area contributed by atoms with Crippen LogP contribution in [0, 0.1) is 19.7 Å². The average molecular weight is 284 g/mol. The predicted octanol–water partition coefficient (Wildman–Crippen LogP) is 1.55. The third kappa shape index (κ3) is 2.68. The summed E-state index contributed by atoms with van der Waals surface area (Å²) >= 11 is 0. The van der Waals surface area contributed by atoms with Crippen LogP contribution in [0.5, 0.6) is 0 Å². The second-order valence-electron chi connectivity index (χ2n) is 4.16. The first-order valence-electron chi connectivity index (χ1n) is 5.40. The SMILES string of the molecule is Cc1cc(NS(=O)(=O)c2cc(N)c(C)c(F)c2)n[nH]1. The molecule has 0 atom stereocenters. The molecular formula is C11H13FN4O2S. The molecule has 0 aliphatic heterocycles. The van der Waals surface area contributed by atoms with Crippen LogP contribution in [0.1, 0.15) is 11.3 Å². The lowest BCUT2D eigenvalue weighted by atomic mass is 10.2. The van der Waals surface area contributed by atoms with E-state index in [0.717, 1.165) is 6.07 Å². The van der Waals surface area contributed by atoms with Crippen LogP contribution in [0.2, 0.25) is 0 Å². The second-order valence-corrected chi connectivity index (χ2v) is 5.84. The van der Waals surface area contributed by atoms with Gasteiger partial charge in [0.15, 0.2) is 5.82 Å². The summed E-state index contributed by atoms with van der Waals surface area (Å²) in [7, 11) is -3.91. The quantitative estimate of drug-likeness (QED) is 0.744. The number of nitrogen functional groups attached to an aromatic ring is 1. The molecule has 4 N–H and O–H groups in total. The zero-order chi connectivity index (χ0) is 14.2. The Morgan fingerprint density at radius 3 is 2.53 bits per heavy atom. The summed E-state index contributed by atoms with van der Waals surface area (Å²) in [6.45, 7) is 3.21. The van der Waals surface area contributed by atoms with Crippen molar-refractivity contribution >= 4 is 21.5 Å². The zero-order valence-corrected chi connectivity index (χ0v) is 11.2. The van der Waals surface area contributed by atoms with Crippen molar-refractivity contribution in [1.82, 2.24) is 10.2 Å². The number of rotatable bonds is 3. The molecule has 1 aromatic carbocycles. The number of H-pyrrole nitrogens is 1. The molecule has 0 aliphatic rings. The van der Waals surface area contributed by atoms with Gasteiger partial charge in [-0.15, -0.1) is 0 Å². The smallest absolute Gasteiger partial charge is 0.263 e. The van der Waals surface area contributed by atoms with E-state index in [9.17, 15) is 12.8 Å². The van der Waals surface area contributed by atoms with Crippen molar-refractivity contribution in [2.45, 2.75) is 18.7 Å². The number of anilines is 2. The molecule has 19 heavy (non-hydrogen) atoms. The average Bonchev–Trinajstić information content (AvgIpc) is 2.70. The van der Waals surface area contributed by atoms with Gasteiger partial charge in [0.25, 0.3) is 10.0 Å². The minimum Gasteiger partial charge on any atom is -0.398 e. The molecule has 0 fully saturated rings. The molecule has 0 amide bonds. The maximum atomic E-state index is 13.5. The van der Waals surface area contributed by atoms with Crippen molar-refractivity contribution in [2.75, 3.05) is 10.5 Å². The fourth-order valence-electron chi connectivity index (χ4n) is 1.50. The van der Waals surface area contributed by atoms with Crippen LogP contribution in [0.15, 0.2) is 23.1 Å². The lowest BCUT2D eigenvalue weighted by molar-refractivity contribution is 0.593. The molecule has 0 radical (unpaired) electrons. The monoisotopic (exact) mass is 284 g/mol. The third-order valence-electron chi connectivity index (χ3n) is 2.61. The fourth-order valence-corrected chi connectivity index (χ4v) is 2.53. The summed E-state index contributed by atoms with van der Waals surface area (Å²) < 4.78 is 39.8. The third-order valence-corrected chi connectivity index (χ3v) is 3.95. The summed E-state index contributed by atoms with van der Waals surface area (Å²) in [4.78, 5) is -0.242. The van der Waals surface area contributed by atoms with E-state index >= 15 is 0 Å². The Morgan fingerprint density at radius 2 is 2.00 bits per heavy atom. The van der Waals surface area contributed by atoms with Gasteiger partial charge < -0.3 is 5.73 Å². The Morgan fingerprint density at radius 1 is 1.32 bits per heavy atom. The maximum absolute atomic E-state index is 13.5. The molecule has 8 heteroatoms. The van der Waals surface area contributed by atoms with Crippen molar-refractivity contribution in [3.8, 4) is 0 Å². The number of nitrogens with zero attached hydrogens (tertiary/aromatic N) is 1. The Bertz CT molecular complexity index is 701. The number of benzene rings is 1. The number of nitrogens with one attached hydrogen (secondary N) is 2. The summed E-state index contributed by atoms with van der Waals surface area (Å²) in [6.07, 6.45) is 0. The first kappa shape index (κ1) is 13.3. The van der Waals surface area contributed by atoms with Crippen molar-refractivity contribution in [3.63, 3.8) is 0 Å². The topological polar surface area (TPSA) is 101 Å². The predicted molar refractivity (Wildman–Crippen MR) is 69.7 cm³/mol. The highest BCUT2D eigenvalue weighted by atomic mass is 32.2. The minimum absolute atomic E-state index is 0.0820. The van der Waals surface area contributed by atoms with Gasteiger partial charge in [0.2, 0.25) is 0 Å². The van der Waals surface area contributed by atoms with Gasteiger partial charge in [-0.3, -0.25) is 9.82 Å². The molecule has 0 saturated carbocycles. The number of aromatic nitrogens is 2. The van der Waals surface area contributed by atoms with E-state index in [1.165, 1.54) is 19.1 Å². The summed E-state index contributed by atoms with van der Waals surface area (Å²) in [5, 5.41) is 6.35. The van der Waals surface area contributed by atoms with Gasteiger partial charge in [0, 0.05) is 23.0 Å². The van der Waals surface area contributed by atoms with Crippen molar-refractivity contribution in [2.24, 2.45) is 0 Å². The van der Waals surface area contributed by atoms with Gasteiger partial charge in [-0.25, -0.2) is 12.8 Å². The van der Waals surface area contributed by atoms with E-state index in [2.05, 4.69) is 14.9 Å². The van der Waals surface area contributed by atoms with Crippen LogP contribution in [0.25, 0.3) is 0 Å². The molecule has 102 valence electrons. The van der Waals surface area contributed by atoms with Crippen LogP contribution in [0.4, 0.5) is 15.9 Å². The molecule has 6 nitrogen and oxygen atoms in total. The maximum Gasteiger partial charge on any atom is 0.263 e.